The second-order valence-electron chi connectivity index (χ2n) is 8.84. The number of rotatable bonds is 4. The number of carbonyl (C=O) groups is 3. The molecule has 7 heteroatoms. The summed E-state index contributed by atoms with van der Waals surface area (Å²) in [4.78, 5) is 45.4. The Morgan fingerprint density at radius 1 is 0.714 bits per heavy atom. The summed E-state index contributed by atoms with van der Waals surface area (Å²) in [6.07, 6.45) is 4.65. The summed E-state index contributed by atoms with van der Waals surface area (Å²) in [6, 6.07) is -0.0670. The first-order valence-electron chi connectivity index (χ1n) is 11.0. The highest BCUT2D eigenvalue weighted by atomic mass is 16.2. The largest absolute Gasteiger partial charge is 0.340 e. The Hall–Kier alpha value is -1.63. The number of hydrogen-bond donors (Lipinski definition) is 0. The molecule has 0 aromatic carbocycles. The van der Waals surface area contributed by atoms with E-state index in [1.165, 1.54) is 12.8 Å². The first-order valence-corrected chi connectivity index (χ1v) is 11.0. The van der Waals surface area contributed by atoms with Gasteiger partial charge in [-0.2, -0.15) is 0 Å². The predicted molar refractivity (Wildman–Crippen MR) is 108 cm³/mol. The molecular formula is C21H36N4O3. The van der Waals surface area contributed by atoms with Crippen molar-refractivity contribution in [2.75, 3.05) is 52.4 Å². The second-order valence-corrected chi connectivity index (χ2v) is 8.84. The highest BCUT2D eigenvalue weighted by Gasteiger charge is 2.40. The minimum absolute atomic E-state index is 0.0244. The van der Waals surface area contributed by atoms with Gasteiger partial charge in [0.25, 0.3) is 0 Å². The van der Waals surface area contributed by atoms with Crippen LogP contribution in [0.5, 0.6) is 0 Å². The van der Waals surface area contributed by atoms with E-state index < -0.39 is 0 Å². The lowest BCUT2D eigenvalue weighted by Gasteiger charge is -2.44. The maximum absolute atomic E-state index is 13.5. The summed E-state index contributed by atoms with van der Waals surface area (Å²) < 4.78 is 0. The van der Waals surface area contributed by atoms with Gasteiger partial charge in [0.15, 0.2) is 0 Å². The molecular weight excluding hydrogens is 356 g/mol. The molecule has 0 radical (unpaired) electrons. The van der Waals surface area contributed by atoms with Crippen LogP contribution in [0.3, 0.4) is 0 Å². The molecule has 3 fully saturated rings. The summed E-state index contributed by atoms with van der Waals surface area (Å²) in [5.41, 5.74) is 0. The lowest BCUT2D eigenvalue weighted by Crippen LogP contribution is -2.61. The van der Waals surface area contributed by atoms with Gasteiger partial charge >= 0.3 is 0 Å². The van der Waals surface area contributed by atoms with Gasteiger partial charge in [0.05, 0.1) is 6.04 Å². The van der Waals surface area contributed by atoms with Gasteiger partial charge in [-0.1, -0.05) is 26.7 Å². The van der Waals surface area contributed by atoms with E-state index in [1.807, 2.05) is 28.5 Å². The fraction of sp³-hybridized carbons (Fsp3) is 0.857. The smallest absolute Gasteiger partial charge is 0.240 e. The number of nitrogens with zero attached hydrogens (tertiary/aromatic N) is 4. The van der Waals surface area contributed by atoms with E-state index in [0.29, 0.717) is 45.2 Å². The maximum Gasteiger partial charge on any atom is 0.240 e. The monoisotopic (exact) mass is 392 g/mol. The van der Waals surface area contributed by atoms with Gasteiger partial charge in [-0.05, 0) is 18.8 Å². The molecule has 3 aliphatic rings. The Labute approximate surface area is 169 Å². The zero-order chi connectivity index (χ0) is 20.3. The Kier molecular flexibility index (Phi) is 6.96. The highest BCUT2D eigenvalue weighted by molar-refractivity contribution is 5.83. The Bertz CT molecular complexity index is 572. The van der Waals surface area contributed by atoms with Crippen molar-refractivity contribution < 1.29 is 14.4 Å². The fourth-order valence-electron chi connectivity index (χ4n) is 4.94. The van der Waals surface area contributed by atoms with E-state index in [-0.39, 0.29) is 29.7 Å². The number of piperazine rings is 2. The molecule has 3 amide bonds. The molecule has 7 nitrogen and oxygen atoms in total. The third kappa shape index (κ3) is 4.67. The molecule has 2 heterocycles. The van der Waals surface area contributed by atoms with Crippen LogP contribution in [-0.2, 0) is 14.4 Å². The Morgan fingerprint density at radius 2 is 1.18 bits per heavy atom. The standard InChI is InChI=1S/C21H36N4O3/c1-16(2)20(27)24-14-10-23(11-15-24)19(18-6-4-5-7-18)21(28)25-12-8-22(9-13-25)17(3)26/h16,18-19H,4-15H2,1-3H3/t19-/m0/s1. The summed E-state index contributed by atoms with van der Waals surface area (Å²) >= 11 is 0. The number of amides is 3. The molecule has 158 valence electrons. The van der Waals surface area contributed by atoms with E-state index in [0.717, 1.165) is 25.9 Å². The maximum atomic E-state index is 13.5. The summed E-state index contributed by atoms with van der Waals surface area (Å²) in [5, 5.41) is 0. The Balaban J connectivity index is 1.64. The molecule has 1 atom stereocenters. The van der Waals surface area contributed by atoms with Crippen LogP contribution >= 0.6 is 0 Å². The van der Waals surface area contributed by atoms with Gasteiger partial charge in [0, 0.05) is 65.2 Å². The van der Waals surface area contributed by atoms with E-state index >= 15 is 0 Å². The van der Waals surface area contributed by atoms with Crippen LogP contribution in [0.15, 0.2) is 0 Å². The van der Waals surface area contributed by atoms with Gasteiger partial charge in [0.2, 0.25) is 17.7 Å². The summed E-state index contributed by atoms with van der Waals surface area (Å²) in [6.45, 7) is 11.0. The predicted octanol–water partition coefficient (Wildman–Crippen LogP) is 1.04. The lowest BCUT2D eigenvalue weighted by atomic mass is 9.94. The van der Waals surface area contributed by atoms with E-state index in [4.69, 9.17) is 0 Å². The van der Waals surface area contributed by atoms with Crippen molar-refractivity contribution >= 4 is 17.7 Å². The molecule has 0 N–H and O–H groups in total. The molecule has 1 aliphatic carbocycles. The third-order valence-electron chi connectivity index (χ3n) is 6.65. The average molecular weight is 393 g/mol. The van der Waals surface area contributed by atoms with E-state index in [9.17, 15) is 14.4 Å². The molecule has 0 spiro atoms. The minimum atomic E-state index is -0.0670. The molecule has 28 heavy (non-hydrogen) atoms. The molecule has 0 aromatic heterocycles. The average Bonchev–Trinajstić information content (AvgIpc) is 3.22. The van der Waals surface area contributed by atoms with Crippen LogP contribution in [0.1, 0.15) is 46.5 Å². The molecule has 0 bridgehead atoms. The van der Waals surface area contributed by atoms with Gasteiger partial charge in [0.1, 0.15) is 0 Å². The van der Waals surface area contributed by atoms with Gasteiger partial charge in [-0.25, -0.2) is 0 Å². The zero-order valence-corrected chi connectivity index (χ0v) is 17.7. The normalized spacial score (nSPS) is 23.4. The van der Waals surface area contributed by atoms with Crippen LogP contribution in [0.25, 0.3) is 0 Å². The highest BCUT2D eigenvalue weighted by Crippen LogP contribution is 2.32. The van der Waals surface area contributed by atoms with Crippen LogP contribution < -0.4 is 0 Å². The number of hydrogen-bond acceptors (Lipinski definition) is 4. The van der Waals surface area contributed by atoms with Crippen LogP contribution in [0.2, 0.25) is 0 Å². The fourth-order valence-corrected chi connectivity index (χ4v) is 4.94. The van der Waals surface area contributed by atoms with Gasteiger partial charge in [-0.3, -0.25) is 19.3 Å². The first kappa shape index (κ1) is 21.1. The molecule has 1 saturated carbocycles. The number of carbonyl (C=O) groups excluding carboxylic acids is 3. The first-order chi connectivity index (χ1) is 13.4. The molecule has 0 unspecified atom stereocenters. The van der Waals surface area contributed by atoms with Crippen molar-refractivity contribution in [2.45, 2.75) is 52.5 Å². The quantitative estimate of drug-likeness (QED) is 0.717. The SMILES string of the molecule is CC(=O)N1CCN(C(=O)[C@H](C2CCCC2)N2CCN(C(=O)C(C)C)CC2)CC1. The van der Waals surface area contributed by atoms with Gasteiger partial charge in [-0.15, -0.1) is 0 Å². The van der Waals surface area contributed by atoms with Crippen molar-refractivity contribution in [3.8, 4) is 0 Å². The third-order valence-corrected chi connectivity index (χ3v) is 6.65. The van der Waals surface area contributed by atoms with Gasteiger partial charge < -0.3 is 14.7 Å². The molecule has 3 rings (SSSR count). The molecule has 2 aliphatic heterocycles. The van der Waals surface area contributed by atoms with E-state index in [1.54, 1.807) is 6.92 Å². The Morgan fingerprint density at radius 3 is 1.68 bits per heavy atom. The second kappa shape index (κ2) is 9.25. The minimum Gasteiger partial charge on any atom is -0.340 e. The summed E-state index contributed by atoms with van der Waals surface area (Å²) in [5.74, 6) is 0.981. The van der Waals surface area contributed by atoms with Crippen molar-refractivity contribution in [3.05, 3.63) is 0 Å². The summed E-state index contributed by atoms with van der Waals surface area (Å²) in [7, 11) is 0. The van der Waals surface area contributed by atoms with Crippen LogP contribution in [-0.4, -0.2) is 95.7 Å². The molecule has 0 aromatic rings. The molecule has 2 saturated heterocycles. The van der Waals surface area contributed by atoms with Crippen molar-refractivity contribution in [2.24, 2.45) is 11.8 Å². The zero-order valence-electron chi connectivity index (χ0n) is 17.7. The van der Waals surface area contributed by atoms with Crippen molar-refractivity contribution in [1.82, 2.24) is 19.6 Å². The topological polar surface area (TPSA) is 64.2 Å². The van der Waals surface area contributed by atoms with Crippen molar-refractivity contribution in [1.29, 1.82) is 0 Å². The van der Waals surface area contributed by atoms with E-state index in [2.05, 4.69) is 4.90 Å². The van der Waals surface area contributed by atoms with Crippen molar-refractivity contribution in [3.63, 3.8) is 0 Å². The lowest BCUT2D eigenvalue weighted by molar-refractivity contribution is -0.146. The van der Waals surface area contributed by atoms with Crippen LogP contribution in [0.4, 0.5) is 0 Å². The van der Waals surface area contributed by atoms with Crippen LogP contribution in [0, 0.1) is 11.8 Å².